The summed E-state index contributed by atoms with van der Waals surface area (Å²) in [6, 6.07) is 5.10. The van der Waals surface area contributed by atoms with E-state index in [4.69, 9.17) is 14.2 Å². The number of ether oxygens (including phenoxy) is 3. The van der Waals surface area contributed by atoms with Crippen LogP contribution < -0.4 is 14.8 Å². The molecule has 136 valence electrons. The molecule has 0 heterocycles. The number of amides is 1. The van der Waals surface area contributed by atoms with Crippen LogP contribution in [0.5, 0.6) is 11.5 Å². The van der Waals surface area contributed by atoms with E-state index in [9.17, 15) is 9.59 Å². The highest BCUT2D eigenvalue weighted by Crippen LogP contribution is 2.49. The summed E-state index contributed by atoms with van der Waals surface area (Å²) in [6.07, 6.45) is 5.36. The van der Waals surface area contributed by atoms with Crippen molar-refractivity contribution < 1.29 is 23.8 Å². The van der Waals surface area contributed by atoms with Gasteiger partial charge in [-0.25, -0.2) is 0 Å². The Kier molecular flexibility index (Phi) is 5.46. The van der Waals surface area contributed by atoms with E-state index in [-0.39, 0.29) is 12.6 Å². The van der Waals surface area contributed by atoms with Gasteiger partial charge in [0.05, 0.1) is 19.9 Å². The van der Waals surface area contributed by atoms with Crippen molar-refractivity contribution in [2.45, 2.75) is 32.1 Å². The highest BCUT2D eigenvalue weighted by molar-refractivity contribution is 5.94. The Morgan fingerprint density at radius 1 is 1.16 bits per heavy atom. The maximum atomic E-state index is 12.1. The molecule has 0 aromatic heterocycles. The molecule has 1 aromatic carbocycles. The summed E-state index contributed by atoms with van der Waals surface area (Å²) in [7, 11) is 3.07. The Labute approximate surface area is 147 Å². The molecule has 2 saturated carbocycles. The van der Waals surface area contributed by atoms with E-state index in [0.29, 0.717) is 35.4 Å². The van der Waals surface area contributed by atoms with Crippen LogP contribution in [0, 0.1) is 17.8 Å². The first-order chi connectivity index (χ1) is 12.1. The fourth-order valence-electron chi connectivity index (χ4n) is 4.14. The number of benzene rings is 1. The fraction of sp³-hybridized carbons (Fsp3) is 0.579. The Morgan fingerprint density at radius 3 is 2.64 bits per heavy atom. The topological polar surface area (TPSA) is 73.9 Å². The van der Waals surface area contributed by atoms with Crippen LogP contribution in [0.2, 0.25) is 0 Å². The van der Waals surface area contributed by atoms with E-state index in [2.05, 4.69) is 5.32 Å². The molecule has 2 bridgehead atoms. The standard InChI is InChI=1S/C19H25NO5/c1-23-15-5-6-17(24-2)16(10-15)20-18(21)11-25-19(22)9-14-8-12-3-4-13(14)7-12/h5-6,10,12-14H,3-4,7-9,11H2,1-2H3,(H,20,21)/t12-,13-,14+/m1/s1. The average molecular weight is 347 g/mol. The van der Waals surface area contributed by atoms with E-state index in [0.717, 1.165) is 12.3 Å². The first kappa shape index (κ1) is 17.6. The highest BCUT2D eigenvalue weighted by atomic mass is 16.5. The molecule has 2 fully saturated rings. The molecule has 3 atom stereocenters. The van der Waals surface area contributed by atoms with Gasteiger partial charge in [-0.15, -0.1) is 0 Å². The van der Waals surface area contributed by atoms with Gasteiger partial charge in [-0.3, -0.25) is 9.59 Å². The SMILES string of the molecule is COc1ccc(OC)c(NC(=O)COC(=O)C[C@@H]2C[C@@H]3CC[C@@H]2C3)c1. The zero-order chi connectivity index (χ0) is 17.8. The van der Waals surface area contributed by atoms with E-state index < -0.39 is 5.91 Å². The second kappa shape index (κ2) is 7.76. The molecule has 0 radical (unpaired) electrons. The first-order valence-corrected chi connectivity index (χ1v) is 8.76. The van der Waals surface area contributed by atoms with Gasteiger partial charge in [0, 0.05) is 12.5 Å². The highest BCUT2D eigenvalue weighted by Gasteiger charge is 2.40. The van der Waals surface area contributed by atoms with E-state index in [1.807, 2.05) is 0 Å². The van der Waals surface area contributed by atoms with Gasteiger partial charge in [-0.2, -0.15) is 0 Å². The molecule has 25 heavy (non-hydrogen) atoms. The van der Waals surface area contributed by atoms with E-state index in [1.165, 1.54) is 26.4 Å². The van der Waals surface area contributed by atoms with Crippen LogP contribution in [0.4, 0.5) is 5.69 Å². The Hall–Kier alpha value is -2.24. The maximum Gasteiger partial charge on any atom is 0.306 e. The van der Waals surface area contributed by atoms with Gasteiger partial charge in [0.25, 0.3) is 5.91 Å². The molecule has 0 unspecified atom stereocenters. The third-order valence-corrected chi connectivity index (χ3v) is 5.36. The third kappa shape index (κ3) is 4.24. The lowest BCUT2D eigenvalue weighted by molar-refractivity contribution is -0.148. The van der Waals surface area contributed by atoms with Crippen LogP contribution >= 0.6 is 0 Å². The normalized spacial score (nSPS) is 24.0. The minimum absolute atomic E-state index is 0.287. The molecular formula is C19H25NO5. The van der Waals surface area contributed by atoms with Crippen molar-refractivity contribution in [3.05, 3.63) is 18.2 Å². The predicted octanol–water partition coefficient (Wildman–Crippen LogP) is 3.01. The molecule has 0 spiro atoms. The summed E-state index contributed by atoms with van der Waals surface area (Å²) >= 11 is 0. The lowest BCUT2D eigenvalue weighted by Gasteiger charge is -2.20. The van der Waals surface area contributed by atoms with Crippen molar-refractivity contribution in [3.8, 4) is 11.5 Å². The van der Waals surface area contributed by atoms with Crippen LogP contribution in [-0.2, 0) is 14.3 Å². The average Bonchev–Trinajstić information content (AvgIpc) is 3.23. The molecule has 2 aliphatic carbocycles. The number of rotatable bonds is 7. The smallest absolute Gasteiger partial charge is 0.306 e. The largest absolute Gasteiger partial charge is 0.497 e. The summed E-state index contributed by atoms with van der Waals surface area (Å²) < 4.78 is 15.5. The number of methoxy groups -OCH3 is 2. The minimum Gasteiger partial charge on any atom is -0.497 e. The fourth-order valence-corrected chi connectivity index (χ4v) is 4.14. The van der Waals surface area contributed by atoms with Gasteiger partial charge < -0.3 is 19.5 Å². The summed E-state index contributed by atoms with van der Waals surface area (Å²) in [4.78, 5) is 24.1. The lowest BCUT2D eigenvalue weighted by atomic mass is 9.86. The number of fused-ring (bicyclic) bond motifs is 2. The van der Waals surface area contributed by atoms with Crippen LogP contribution in [-0.4, -0.2) is 32.7 Å². The second-order valence-corrected chi connectivity index (χ2v) is 6.91. The quantitative estimate of drug-likeness (QED) is 0.768. The number of nitrogens with one attached hydrogen (secondary N) is 1. The van der Waals surface area contributed by atoms with Crippen LogP contribution in [0.25, 0.3) is 0 Å². The number of hydrogen-bond acceptors (Lipinski definition) is 5. The van der Waals surface area contributed by atoms with Crippen molar-refractivity contribution in [1.82, 2.24) is 0 Å². The summed E-state index contributed by atoms with van der Waals surface area (Å²) in [6.45, 7) is -0.292. The molecule has 6 heteroatoms. The van der Waals surface area contributed by atoms with Gasteiger partial charge in [0.2, 0.25) is 0 Å². The maximum absolute atomic E-state index is 12.1. The summed E-state index contributed by atoms with van der Waals surface area (Å²) in [5, 5.41) is 2.69. The lowest BCUT2D eigenvalue weighted by Crippen LogP contribution is -2.23. The van der Waals surface area contributed by atoms with Gasteiger partial charge in [-0.05, 0) is 49.1 Å². The molecule has 1 amide bonds. The zero-order valence-electron chi connectivity index (χ0n) is 14.7. The minimum atomic E-state index is -0.396. The number of carbonyl (C=O) groups is 2. The molecule has 0 saturated heterocycles. The Morgan fingerprint density at radius 2 is 2.00 bits per heavy atom. The molecule has 3 rings (SSSR count). The Balaban J connectivity index is 1.47. The molecule has 0 aliphatic heterocycles. The van der Waals surface area contributed by atoms with Crippen molar-refractivity contribution in [3.63, 3.8) is 0 Å². The van der Waals surface area contributed by atoms with Gasteiger partial charge in [0.1, 0.15) is 11.5 Å². The monoisotopic (exact) mass is 347 g/mol. The molecule has 6 nitrogen and oxygen atoms in total. The molecular weight excluding hydrogens is 322 g/mol. The molecule has 1 aromatic rings. The molecule has 1 N–H and O–H groups in total. The van der Waals surface area contributed by atoms with Crippen molar-refractivity contribution in [1.29, 1.82) is 0 Å². The van der Waals surface area contributed by atoms with Crippen LogP contribution in [0.3, 0.4) is 0 Å². The van der Waals surface area contributed by atoms with Gasteiger partial charge in [-0.1, -0.05) is 6.42 Å². The van der Waals surface area contributed by atoms with Crippen molar-refractivity contribution >= 4 is 17.6 Å². The van der Waals surface area contributed by atoms with Gasteiger partial charge >= 0.3 is 5.97 Å². The molecule has 2 aliphatic rings. The first-order valence-electron chi connectivity index (χ1n) is 8.76. The van der Waals surface area contributed by atoms with Gasteiger partial charge in [0.15, 0.2) is 6.61 Å². The number of esters is 1. The Bertz CT molecular complexity index is 645. The number of hydrogen-bond donors (Lipinski definition) is 1. The van der Waals surface area contributed by atoms with E-state index >= 15 is 0 Å². The van der Waals surface area contributed by atoms with Crippen molar-refractivity contribution in [2.75, 3.05) is 26.1 Å². The van der Waals surface area contributed by atoms with Crippen LogP contribution in [0.15, 0.2) is 18.2 Å². The van der Waals surface area contributed by atoms with Crippen molar-refractivity contribution in [2.24, 2.45) is 17.8 Å². The summed E-state index contributed by atoms with van der Waals surface area (Å²) in [5.74, 6) is 2.34. The second-order valence-electron chi connectivity index (χ2n) is 6.91. The van der Waals surface area contributed by atoms with E-state index in [1.54, 1.807) is 25.3 Å². The predicted molar refractivity (Wildman–Crippen MR) is 92.7 cm³/mol. The number of anilines is 1. The summed E-state index contributed by atoms with van der Waals surface area (Å²) in [5.41, 5.74) is 0.482. The van der Waals surface area contributed by atoms with Crippen LogP contribution in [0.1, 0.15) is 32.1 Å². The zero-order valence-corrected chi connectivity index (χ0v) is 14.7. The number of carbonyl (C=O) groups excluding carboxylic acids is 2. The third-order valence-electron chi connectivity index (χ3n) is 5.36.